The number of benzene rings is 1. The Balaban J connectivity index is 2.78. The van der Waals surface area contributed by atoms with Crippen molar-refractivity contribution in [3.8, 4) is 0 Å². The number of carbonyl (C=O) groups excluding carboxylic acids is 1. The van der Waals surface area contributed by atoms with Crippen LogP contribution in [0, 0.1) is 0 Å². The highest BCUT2D eigenvalue weighted by molar-refractivity contribution is 6.30. The summed E-state index contributed by atoms with van der Waals surface area (Å²) in [7, 11) is 0. The lowest BCUT2D eigenvalue weighted by molar-refractivity contribution is -0.161. The fourth-order valence-corrected chi connectivity index (χ4v) is 2.22. The molecule has 1 rings (SSSR count). The molecular weight excluding hydrogens is 298 g/mol. The van der Waals surface area contributed by atoms with Crippen LogP contribution in [0.2, 0.25) is 5.02 Å². The maximum atomic E-state index is 12.4. The first-order valence-electron chi connectivity index (χ1n) is 7.61. The average molecular weight is 324 g/mol. The van der Waals surface area contributed by atoms with Crippen molar-refractivity contribution in [1.29, 1.82) is 0 Å². The number of nitrogens with two attached hydrogens (primary N) is 1. The van der Waals surface area contributed by atoms with Crippen LogP contribution in [0.15, 0.2) is 30.3 Å². The van der Waals surface area contributed by atoms with Gasteiger partial charge in [-0.2, -0.15) is 0 Å². The highest BCUT2D eigenvalue weighted by Crippen LogP contribution is 2.22. The Morgan fingerprint density at radius 1 is 1.27 bits per heavy atom. The van der Waals surface area contributed by atoms with Gasteiger partial charge in [-0.05, 0) is 51.3 Å². The minimum absolute atomic E-state index is 0.345. The van der Waals surface area contributed by atoms with E-state index in [-0.39, 0.29) is 5.97 Å². The number of halogens is 1. The highest BCUT2D eigenvalue weighted by Gasteiger charge is 2.35. The van der Waals surface area contributed by atoms with Gasteiger partial charge in [0.25, 0.3) is 0 Å². The van der Waals surface area contributed by atoms with Gasteiger partial charge in [0, 0.05) is 5.02 Å². The van der Waals surface area contributed by atoms with Crippen molar-refractivity contribution in [2.24, 2.45) is 5.73 Å². The summed E-state index contributed by atoms with van der Waals surface area (Å²) in [6.07, 6.45) is 5.72. The van der Waals surface area contributed by atoms with Gasteiger partial charge < -0.3 is 10.5 Å². The summed E-state index contributed by atoms with van der Waals surface area (Å²) < 4.78 is 5.46. The number of carbonyl (C=O) groups is 1. The van der Waals surface area contributed by atoms with E-state index in [1.807, 2.05) is 64.1 Å². The zero-order chi connectivity index (χ0) is 16.8. The molecule has 0 amide bonds. The minimum Gasteiger partial charge on any atom is -0.459 e. The van der Waals surface area contributed by atoms with Gasteiger partial charge in [-0.1, -0.05) is 49.2 Å². The molecule has 1 aromatic carbocycles. The SMILES string of the molecule is CCCC(N)(C/C=C/c1ccc(Cl)cc1)C(=O)OC(C)(C)C. The average Bonchev–Trinajstić information content (AvgIpc) is 2.39. The number of rotatable bonds is 6. The molecule has 1 aromatic rings. The van der Waals surface area contributed by atoms with E-state index < -0.39 is 11.1 Å². The smallest absolute Gasteiger partial charge is 0.326 e. The molecule has 2 N–H and O–H groups in total. The van der Waals surface area contributed by atoms with Crippen LogP contribution >= 0.6 is 11.6 Å². The van der Waals surface area contributed by atoms with Crippen molar-refractivity contribution in [2.45, 2.75) is 58.1 Å². The van der Waals surface area contributed by atoms with Crippen molar-refractivity contribution in [2.75, 3.05) is 0 Å². The number of hydrogen-bond donors (Lipinski definition) is 1. The van der Waals surface area contributed by atoms with E-state index in [9.17, 15) is 4.79 Å². The summed E-state index contributed by atoms with van der Waals surface area (Å²) in [6.45, 7) is 7.55. The normalized spacial score (nSPS) is 14.8. The fourth-order valence-electron chi connectivity index (χ4n) is 2.09. The molecule has 22 heavy (non-hydrogen) atoms. The first kappa shape index (κ1) is 18.7. The molecule has 1 atom stereocenters. The molecule has 0 aromatic heterocycles. The van der Waals surface area contributed by atoms with E-state index in [0.29, 0.717) is 17.9 Å². The van der Waals surface area contributed by atoms with Crippen molar-refractivity contribution in [3.63, 3.8) is 0 Å². The lowest BCUT2D eigenvalue weighted by atomic mass is 9.90. The van der Waals surface area contributed by atoms with Gasteiger partial charge in [0.05, 0.1) is 0 Å². The van der Waals surface area contributed by atoms with Gasteiger partial charge in [-0.3, -0.25) is 4.79 Å². The van der Waals surface area contributed by atoms with Gasteiger partial charge >= 0.3 is 5.97 Å². The number of esters is 1. The van der Waals surface area contributed by atoms with Gasteiger partial charge in [-0.15, -0.1) is 0 Å². The summed E-state index contributed by atoms with van der Waals surface area (Å²) in [5.74, 6) is -0.345. The van der Waals surface area contributed by atoms with Gasteiger partial charge in [0.2, 0.25) is 0 Å². The summed E-state index contributed by atoms with van der Waals surface area (Å²) in [6, 6.07) is 7.50. The van der Waals surface area contributed by atoms with Crippen molar-refractivity contribution >= 4 is 23.6 Å². The van der Waals surface area contributed by atoms with E-state index in [1.54, 1.807) is 0 Å². The molecule has 122 valence electrons. The van der Waals surface area contributed by atoms with Gasteiger partial charge in [0.1, 0.15) is 11.1 Å². The second-order valence-electron chi connectivity index (χ2n) is 6.57. The standard InChI is InChI=1S/C18H26ClNO2/c1-5-12-18(20,16(21)22-17(2,3)4)13-6-7-14-8-10-15(19)11-9-14/h6-11H,5,12-13,20H2,1-4H3/b7-6+. The zero-order valence-corrected chi connectivity index (χ0v) is 14.6. The van der Waals surface area contributed by atoms with Crippen LogP contribution in [0.1, 0.15) is 52.5 Å². The molecule has 0 saturated heterocycles. The predicted octanol–water partition coefficient (Wildman–Crippen LogP) is 4.58. The largest absolute Gasteiger partial charge is 0.459 e. The molecule has 0 saturated carbocycles. The van der Waals surface area contributed by atoms with E-state index in [1.165, 1.54) is 0 Å². The van der Waals surface area contributed by atoms with Crippen LogP contribution < -0.4 is 5.73 Å². The van der Waals surface area contributed by atoms with Crippen LogP contribution in [-0.2, 0) is 9.53 Å². The second-order valence-corrected chi connectivity index (χ2v) is 7.00. The van der Waals surface area contributed by atoms with E-state index in [0.717, 1.165) is 12.0 Å². The molecule has 0 spiro atoms. The van der Waals surface area contributed by atoms with Crippen LogP contribution in [-0.4, -0.2) is 17.1 Å². The van der Waals surface area contributed by atoms with Crippen LogP contribution in [0.25, 0.3) is 6.08 Å². The second kappa shape index (κ2) is 7.80. The minimum atomic E-state index is -0.981. The van der Waals surface area contributed by atoms with Crippen LogP contribution in [0.5, 0.6) is 0 Å². The number of hydrogen-bond acceptors (Lipinski definition) is 3. The van der Waals surface area contributed by atoms with Crippen LogP contribution in [0.4, 0.5) is 0 Å². The first-order chi connectivity index (χ1) is 10.2. The summed E-state index contributed by atoms with van der Waals surface area (Å²) in [5.41, 5.74) is 5.81. The van der Waals surface area contributed by atoms with Gasteiger partial charge in [-0.25, -0.2) is 0 Å². The summed E-state index contributed by atoms with van der Waals surface area (Å²) in [5, 5.41) is 0.699. The Morgan fingerprint density at radius 3 is 2.36 bits per heavy atom. The monoisotopic (exact) mass is 323 g/mol. The molecular formula is C18H26ClNO2. The van der Waals surface area contributed by atoms with Crippen molar-refractivity contribution < 1.29 is 9.53 Å². The fraction of sp³-hybridized carbons (Fsp3) is 0.500. The van der Waals surface area contributed by atoms with Crippen molar-refractivity contribution in [1.82, 2.24) is 0 Å². The summed E-state index contributed by atoms with van der Waals surface area (Å²) >= 11 is 5.86. The zero-order valence-electron chi connectivity index (χ0n) is 13.9. The van der Waals surface area contributed by atoms with Crippen molar-refractivity contribution in [3.05, 3.63) is 40.9 Å². The lowest BCUT2D eigenvalue weighted by Crippen LogP contribution is -2.50. The van der Waals surface area contributed by atoms with E-state index in [2.05, 4.69) is 0 Å². The Kier molecular flexibility index (Phi) is 6.64. The van der Waals surface area contributed by atoms with Crippen LogP contribution in [0.3, 0.4) is 0 Å². The Morgan fingerprint density at radius 2 is 1.86 bits per heavy atom. The predicted molar refractivity (Wildman–Crippen MR) is 92.8 cm³/mol. The maximum Gasteiger partial charge on any atom is 0.326 e. The highest BCUT2D eigenvalue weighted by atomic mass is 35.5. The Labute approximate surface area is 138 Å². The van der Waals surface area contributed by atoms with Gasteiger partial charge in [0.15, 0.2) is 0 Å². The molecule has 0 heterocycles. The molecule has 3 nitrogen and oxygen atoms in total. The molecule has 1 unspecified atom stereocenters. The summed E-state index contributed by atoms with van der Waals surface area (Å²) in [4.78, 5) is 12.4. The molecule has 4 heteroatoms. The third-order valence-electron chi connectivity index (χ3n) is 3.16. The Bertz CT molecular complexity index is 517. The number of ether oxygens (including phenoxy) is 1. The molecule has 0 bridgehead atoms. The molecule has 0 radical (unpaired) electrons. The molecule has 0 aliphatic rings. The molecule has 0 aliphatic carbocycles. The molecule has 0 fully saturated rings. The maximum absolute atomic E-state index is 12.4. The van der Waals surface area contributed by atoms with E-state index >= 15 is 0 Å². The third kappa shape index (κ3) is 6.20. The lowest BCUT2D eigenvalue weighted by Gasteiger charge is -2.30. The molecule has 0 aliphatic heterocycles. The quantitative estimate of drug-likeness (QED) is 0.779. The first-order valence-corrected chi connectivity index (χ1v) is 7.98. The topological polar surface area (TPSA) is 52.3 Å². The Hall–Kier alpha value is -1.32. The third-order valence-corrected chi connectivity index (χ3v) is 3.42. The van der Waals surface area contributed by atoms with E-state index in [4.69, 9.17) is 22.1 Å².